The molecule has 3 rings (SSSR count). The molecule has 0 radical (unpaired) electrons. The number of ether oxygens (including phenoxy) is 2. The molecule has 110 valence electrons. The Morgan fingerprint density at radius 1 is 1.15 bits per heavy atom. The van der Waals surface area contributed by atoms with Gasteiger partial charge in [0.1, 0.15) is 0 Å². The number of nitrogens with one attached hydrogen (secondary N) is 1. The van der Waals surface area contributed by atoms with Crippen LogP contribution in [0.3, 0.4) is 0 Å². The van der Waals surface area contributed by atoms with E-state index in [1.165, 1.54) is 44.1 Å². The third-order valence-corrected chi connectivity index (χ3v) is 4.60. The number of hydrogen-bond acceptors (Lipinski definition) is 3. The van der Waals surface area contributed by atoms with E-state index in [4.69, 9.17) is 9.47 Å². The lowest BCUT2D eigenvalue weighted by atomic mass is 9.83. The first-order chi connectivity index (χ1) is 9.86. The predicted molar refractivity (Wildman–Crippen MR) is 80.1 cm³/mol. The Labute approximate surface area is 121 Å². The van der Waals surface area contributed by atoms with E-state index in [0.717, 1.165) is 24.0 Å². The minimum absolute atomic E-state index is 0.356. The fourth-order valence-electron chi connectivity index (χ4n) is 3.45. The molecular formula is C17H25NO2. The van der Waals surface area contributed by atoms with Gasteiger partial charge in [0, 0.05) is 18.2 Å². The second-order valence-electron chi connectivity index (χ2n) is 6.04. The number of para-hydroxylation sites is 1. The van der Waals surface area contributed by atoms with Crippen LogP contribution in [0.15, 0.2) is 18.2 Å². The van der Waals surface area contributed by atoms with Gasteiger partial charge < -0.3 is 14.8 Å². The second-order valence-corrected chi connectivity index (χ2v) is 6.04. The first-order valence-electron chi connectivity index (χ1n) is 7.97. The number of hydrogen-bond donors (Lipinski definition) is 1. The zero-order valence-electron chi connectivity index (χ0n) is 12.4. The lowest BCUT2D eigenvalue weighted by molar-refractivity contribution is 0.173. The fourth-order valence-corrected chi connectivity index (χ4v) is 3.45. The van der Waals surface area contributed by atoms with Crippen LogP contribution >= 0.6 is 0 Å². The Morgan fingerprint density at radius 2 is 2.00 bits per heavy atom. The fraction of sp³-hybridized carbons (Fsp3) is 0.647. The van der Waals surface area contributed by atoms with Crippen molar-refractivity contribution in [1.82, 2.24) is 5.32 Å². The van der Waals surface area contributed by atoms with Gasteiger partial charge in [-0.1, -0.05) is 31.9 Å². The van der Waals surface area contributed by atoms with E-state index in [0.29, 0.717) is 12.8 Å². The molecule has 0 bridgehead atoms. The molecule has 1 N–H and O–H groups in total. The summed E-state index contributed by atoms with van der Waals surface area (Å²) in [6.07, 6.45) is 8.14. The van der Waals surface area contributed by atoms with Crippen LogP contribution in [0.2, 0.25) is 0 Å². The van der Waals surface area contributed by atoms with Crippen LogP contribution in [-0.4, -0.2) is 12.8 Å². The van der Waals surface area contributed by atoms with Gasteiger partial charge in [-0.25, -0.2) is 0 Å². The Balaban J connectivity index is 1.50. The summed E-state index contributed by atoms with van der Waals surface area (Å²) < 4.78 is 11.0. The number of rotatable bonds is 5. The van der Waals surface area contributed by atoms with E-state index < -0.39 is 0 Å². The Morgan fingerprint density at radius 3 is 2.80 bits per heavy atom. The highest BCUT2D eigenvalue weighted by molar-refractivity contribution is 5.48. The van der Waals surface area contributed by atoms with Crippen molar-refractivity contribution in [2.75, 3.05) is 6.79 Å². The van der Waals surface area contributed by atoms with E-state index in [1.54, 1.807) is 0 Å². The molecule has 1 aliphatic heterocycles. The third-order valence-electron chi connectivity index (χ3n) is 4.60. The van der Waals surface area contributed by atoms with E-state index in [-0.39, 0.29) is 0 Å². The molecule has 0 amide bonds. The standard InChI is InChI=1S/C17H25NO2/c1-2-4-13-7-9-15(10-8-13)18-11-14-5-3-6-16-17(14)20-12-19-16/h3,5-6,13,15,18H,2,4,7-12H2,1H3. The van der Waals surface area contributed by atoms with Gasteiger partial charge in [0.25, 0.3) is 0 Å². The van der Waals surface area contributed by atoms with E-state index in [2.05, 4.69) is 18.3 Å². The first-order valence-corrected chi connectivity index (χ1v) is 7.97. The molecule has 1 heterocycles. The van der Waals surface area contributed by atoms with Gasteiger partial charge >= 0.3 is 0 Å². The van der Waals surface area contributed by atoms with Crippen LogP contribution in [0, 0.1) is 5.92 Å². The van der Waals surface area contributed by atoms with Crippen LogP contribution in [0.5, 0.6) is 11.5 Å². The zero-order chi connectivity index (χ0) is 13.8. The van der Waals surface area contributed by atoms with Crippen LogP contribution in [0.4, 0.5) is 0 Å². The van der Waals surface area contributed by atoms with E-state index >= 15 is 0 Å². The largest absolute Gasteiger partial charge is 0.454 e. The maximum Gasteiger partial charge on any atom is 0.231 e. The lowest BCUT2D eigenvalue weighted by Crippen LogP contribution is -2.32. The van der Waals surface area contributed by atoms with Crippen molar-refractivity contribution in [2.24, 2.45) is 5.92 Å². The van der Waals surface area contributed by atoms with Gasteiger partial charge in [-0.3, -0.25) is 0 Å². The molecular weight excluding hydrogens is 250 g/mol. The maximum absolute atomic E-state index is 5.56. The summed E-state index contributed by atoms with van der Waals surface area (Å²) in [6.45, 7) is 3.53. The quantitative estimate of drug-likeness (QED) is 0.885. The van der Waals surface area contributed by atoms with Crippen molar-refractivity contribution < 1.29 is 9.47 Å². The van der Waals surface area contributed by atoms with Crippen molar-refractivity contribution >= 4 is 0 Å². The second kappa shape index (κ2) is 6.49. The molecule has 1 aliphatic carbocycles. The van der Waals surface area contributed by atoms with Crippen LogP contribution < -0.4 is 14.8 Å². The smallest absolute Gasteiger partial charge is 0.231 e. The maximum atomic E-state index is 5.56. The van der Waals surface area contributed by atoms with Gasteiger partial charge in [-0.2, -0.15) is 0 Å². The Kier molecular flexibility index (Phi) is 4.46. The van der Waals surface area contributed by atoms with Crippen LogP contribution in [0.25, 0.3) is 0 Å². The molecule has 0 spiro atoms. The highest BCUT2D eigenvalue weighted by Crippen LogP contribution is 2.35. The lowest BCUT2D eigenvalue weighted by Gasteiger charge is -2.29. The van der Waals surface area contributed by atoms with Crippen molar-refractivity contribution in [3.63, 3.8) is 0 Å². The number of benzene rings is 1. The van der Waals surface area contributed by atoms with E-state index in [1.807, 2.05) is 12.1 Å². The molecule has 1 aromatic rings. The summed E-state index contributed by atoms with van der Waals surface area (Å²) in [5.41, 5.74) is 1.22. The van der Waals surface area contributed by atoms with Gasteiger partial charge in [-0.05, 0) is 37.7 Å². The molecule has 2 aliphatic rings. The number of fused-ring (bicyclic) bond motifs is 1. The molecule has 0 atom stereocenters. The van der Waals surface area contributed by atoms with Gasteiger partial charge in [-0.15, -0.1) is 0 Å². The molecule has 3 nitrogen and oxygen atoms in total. The average molecular weight is 275 g/mol. The molecule has 0 aromatic heterocycles. The van der Waals surface area contributed by atoms with Gasteiger partial charge in [0.2, 0.25) is 6.79 Å². The minimum atomic E-state index is 0.356. The molecule has 1 fully saturated rings. The highest BCUT2D eigenvalue weighted by Gasteiger charge is 2.21. The summed E-state index contributed by atoms with van der Waals surface area (Å²) in [4.78, 5) is 0. The predicted octanol–water partition coefficient (Wildman–Crippen LogP) is 3.86. The molecule has 1 saturated carbocycles. The highest BCUT2D eigenvalue weighted by atomic mass is 16.7. The molecule has 20 heavy (non-hydrogen) atoms. The zero-order valence-corrected chi connectivity index (χ0v) is 12.4. The van der Waals surface area contributed by atoms with Crippen molar-refractivity contribution in [1.29, 1.82) is 0 Å². The minimum Gasteiger partial charge on any atom is -0.454 e. The summed E-state index contributed by atoms with van der Waals surface area (Å²) in [6, 6.07) is 6.81. The summed E-state index contributed by atoms with van der Waals surface area (Å²) in [7, 11) is 0. The SMILES string of the molecule is CCCC1CCC(NCc2cccc3c2OCO3)CC1. The average Bonchev–Trinajstić information content (AvgIpc) is 2.96. The molecule has 0 saturated heterocycles. The Bertz CT molecular complexity index is 439. The third kappa shape index (κ3) is 3.09. The Hall–Kier alpha value is -1.22. The first kappa shape index (κ1) is 13.7. The molecule has 3 heteroatoms. The van der Waals surface area contributed by atoms with Crippen molar-refractivity contribution in [3.8, 4) is 11.5 Å². The van der Waals surface area contributed by atoms with Crippen molar-refractivity contribution in [3.05, 3.63) is 23.8 Å². The van der Waals surface area contributed by atoms with E-state index in [9.17, 15) is 0 Å². The van der Waals surface area contributed by atoms with Crippen LogP contribution in [-0.2, 0) is 6.54 Å². The molecule has 1 aromatic carbocycles. The van der Waals surface area contributed by atoms with Crippen molar-refractivity contribution in [2.45, 2.75) is 58.0 Å². The van der Waals surface area contributed by atoms with Gasteiger partial charge in [0.05, 0.1) is 0 Å². The van der Waals surface area contributed by atoms with Crippen LogP contribution in [0.1, 0.15) is 51.0 Å². The normalized spacial score (nSPS) is 24.9. The summed E-state index contributed by atoms with van der Waals surface area (Å²) in [5, 5.41) is 3.69. The summed E-state index contributed by atoms with van der Waals surface area (Å²) >= 11 is 0. The molecule has 0 unspecified atom stereocenters. The van der Waals surface area contributed by atoms with Gasteiger partial charge in [0.15, 0.2) is 11.5 Å². The monoisotopic (exact) mass is 275 g/mol. The summed E-state index contributed by atoms with van der Waals surface area (Å²) in [5.74, 6) is 2.78. The topological polar surface area (TPSA) is 30.5 Å².